The number of nitrogens with one attached hydrogen (secondary N) is 1. The largest absolute Gasteiger partial charge is 0.508 e. The molecule has 24 heavy (non-hydrogen) atoms. The van der Waals surface area contributed by atoms with E-state index in [1.165, 1.54) is 42.6 Å². The Bertz CT molecular complexity index is 956. The average Bonchev–Trinajstić information content (AvgIpc) is 2.56. The van der Waals surface area contributed by atoms with Crippen molar-refractivity contribution in [3.8, 4) is 5.75 Å². The first-order chi connectivity index (χ1) is 11.5. The Kier molecular flexibility index (Phi) is 3.66. The molecule has 0 aliphatic rings. The number of aromatic hydroxyl groups is 1. The zero-order valence-corrected chi connectivity index (χ0v) is 12.0. The number of nitrogens with zero attached hydrogens (tertiary/aromatic N) is 3. The van der Waals surface area contributed by atoms with Crippen molar-refractivity contribution >= 4 is 33.7 Å². The molecule has 1 aromatic heterocycles. The van der Waals surface area contributed by atoms with Gasteiger partial charge in [0.05, 0.1) is 21.3 Å². The van der Waals surface area contributed by atoms with Gasteiger partial charge in [-0.05, 0) is 36.4 Å². The van der Waals surface area contributed by atoms with Gasteiger partial charge in [-0.1, -0.05) is 0 Å². The second kappa shape index (κ2) is 5.80. The molecule has 1 heterocycles. The number of phenols is 1. The molecule has 3 rings (SSSR count). The summed E-state index contributed by atoms with van der Waals surface area (Å²) in [6, 6.07) is 9.78. The quantitative estimate of drug-likeness (QED) is 0.426. The lowest BCUT2D eigenvalue weighted by atomic mass is 10.1. The molecule has 3 aromatic rings. The monoisotopic (exact) mass is 326 g/mol. The lowest BCUT2D eigenvalue weighted by Gasteiger charge is -2.10. The second-order valence-corrected chi connectivity index (χ2v) is 4.88. The highest BCUT2D eigenvalue weighted by atomic mass is 16.6. The fourth-order valence-corrected chi connectivity index (χ4v) is 2.32. The Balaban J connectivity index is 2.26. The van der Waals surface area contributed by atoms with Crippen LogP contribution in [0.5, 0.6) is 5.75 Å². The molecule has 0 saturated carbocycles. The second-order valence-electron chi connectivity index (χ2n) is 4.88. The fraction of sp³-hybridized carbons (Fsp3) is 0. The van der Waals surface area contributed by atoms with Gasteiger partial charge >= 0.3 is 5.69 Å². The van der Waals surface area contributed by atoms with Crippen LogP contribution in [0, 0.1) is 20.2 Å². The van der Waals surface area contributed by atoms with Gasteiger partial charge in [-0.15, -0.1) is 0 Å². The van der Waals surface area contributed by atoms with Crippen molar-refractivity contribution in [1.29, 1.82) is 0 Å². The van der Waals surface area contributed by atoms with Gasteiger partial charge in [0.2, 0.25) is 0 Å². The maximum absolute atomic E-state index is 11.4. The van der Waals surface area contributed by atoms with Crippen LogP contribution in [0.1, 0.15) is 0 Å². The van der Waals surface area contributed by atoms with E-state index in [2.05, 4.69) is 10.3 Å². The third-order valence-corrected chi connectivity index (χ3v) is 3.38. The van der Waals surface area contributed by atoms with Crippen molar-refractivity contribution in [2.24, 2.45) is 0 Å². The number of phenolic OH excluding ortho intramolecular Hbond substituents is 1. The Morgan fingerprint density at radius 3 is 2.29 bits per heavy atom. The Morgan fingerprint density at radius 2 is 1.67 bits per heavy atom. The average molecular weight is 326 g/mol. The molecule has 0 fully saturated rings. The van der Waals surface area contributed by atoms with Gasteiger partial charge < -0.3 is 10.4 Å². The van der Waals surface area contributed by atoms with Crippen molar-refractivity contribution < 1.29 is 15.0 Å². The van der Waals surface area contributed by atoms with Crippen LogP contribution in [0.2, 0.25) is 0 Å². The summed E-state index contributed by atoms with van der Waals surface area (Å²) in [5, 5.41) is 34.9. The highest BCUT2D eigenvalue weighted by Gasteiger charge is 2.26. The molecule has 0 amide bonds. The van der Waals surface area contributed by atoms with Gasteiger partial charge in [-0.25, -0.2) is 0 Å². The van der Waals surface area contributed by atoms with E-state index in [9.17, 15) is 25.3 Å². The summed E-state index contributed by atoms with van der Waals surface area (Å²) in [5.41, 5.74) is -0.211. The van der Waals surface area contributed by atoms with Crippen LogP contribution in [0.25, 0.3) is 10.9 Å². The lowest BCUT2D eigenvalue weighted by molar-refractivity contribution is -0.392. The van der Waals surface area contributed by atoms with E-state index in [0.29, 0.717) is 5.69 Å². The summed E-state index contributed by atoms with van der Waals surface area (Å²) in [6.07, 6.45) is 1.40. The topological polar surface area (TPSA) is 131 Å². The number of hydrogen-bond donors (Lipinski definition) is 2. The molecule has 0 saturated heterocycles. The standard InChI is InChI=1S/C15H10N4O5/c20-10-5-3-9(4-6-10)17-15-13(19(23)24)8-12(18(21)22)11-2-1-7-16-14(11)15/h1-8,17,20H. The molecule has 9 nitrogen and oxygen atoms in total. The van der Waals surface area contributed by atoms with Gasteiger partial charge in [0, 0.05) is 11.9 Å². The van der Waals surface area contributed by atoms with E-state index in [1.807, 2.05) is 0 Å². The van der Waals surface area contributed by atoms with E-state index in [1.54, 1.807) is 0 Å². The first-order valence-electron chi connectivity index (χ1n) is 6.74. The highest BCUT2D eigenvalue weighted by molar-refractivity contribution is 6.02. The summed E-state index contributed by atoms with van der Waals surface area (Å²) >= 11 is 0. The van der Waals surface area contributed by atoms with E-state index in [-0.39, 0.29) is 28.0 Å². The Hall–Kier alpha value is -3.75. The van der Waals surface area contributed by atoms with E-state index in [4.69, 9.17) is 0 Å². The summed E-state index contributed by atoms with van der Waals surface area (Å²) in [6.45, 7) is 0. The van der Waals surface area contributed by atoms with Crippen LogP contribution >= 0.6 is 0 Å². The predicted molar refractivity (Wildman–Crippen MR) is 86.4 cm³/mol. The number of pyridine rings is 1. The lowest BCUT2D eigenvalue weighted by Crippen LogP contribution is -2.01. The van der Waals surface area contributed by atoms with E-state index in [0.717, 1.165) is 6.07 Å². The van der Waals surface area contributed by atoms with Crippen molar-refractivity contribution in [3.05, 3.63) is 68.9 Å². The van der Waals surface area contributed by atoms with Crippen LogP contribution in [0.15, 0.2) is 48.7 Å². The maximum Gasteiger partial charge on any atom is 0.301 e. The Morgan fingerprint density at radius 1 is 1.00 bits per heavy atom. The molecule has 120 valence electrons. The fourth-order valence-electron chi connectivity index (χ4n) is 2.32. The van der Waals surface area contributed by atoms with Crippen LogP contribution < -0.4 is 5.32 Å². The molecule has 0 bridgehead atoms. The van der Waals surface area contributed by atoms with E-state index >= 15 is 0 Å². The van der Waals surface area contributed by atoms with Crippen molar-refractivity contribution in [2.75, 3.05) is 5.32 Å². The van der Waals surface area contributed by atoms with Crippen LogP contribution in [0.4, 0.5) is 22.7 Å². The summed E-state index contributed by atoms with van der Waals surface area (Å²) < 4.78 is 0. The molecule has 0 aliphatic heterocycles. The van der Waals surface area contributed by atoms with Gasteiger partial charge in [-0.2, -0.15) is 0 Å². The normalized spacial score (nSPS) is 10.5. The zero-order valence-electron chi connectivity index (χ0n) is 12.0. The number of non-ortho nitro benzene ring substituents is 1. The molecule has 9 heteroatoms. The molecule has 0 aliphatic carbocycles. The summed E-state index contributed by atoms with van der Waals surface area (Å²) in [5.74, 6) is 0.0433. The zero-order chi connectivity index (χ0) is 17.3. The molecule has 2 N–H and O–H groups in total. The first kappa shape index (κ1) is 15.2. The number of hydrogen-bond acceptors (Lipinski definition) is 7. The molecular formula is C15H10N4O5. The van der Waals surface area contributed by atoms with Crippen molar-refractivity contribution in [2.45, 2.75) is 0 Å². The third kappa shape index (κ3) is 2.65. The molecule has 0 spiro atoms. The predicted octanol–water partition coefficient (Wildman–Crippen LogP) is 3.50. The van der Waals surface area contributed by atoms with Crippen LogP contribution in [-0.2, 0) is 0 Å². The van der Waals surface area contributed by atoms with Crippen molar-refractivity contribution in [1.82, 2.24) is 4.98 Å². The van der Waals surface area contributed by atoms with E-state index < -0.39 is 15.5 Å². The molecule has 2 aromatic carbocycles. The number of rotatable bonds is 4. The number of nitro benzene ring substituents is 2. The number of nitro groups is 2. The smallest absolute Gasteiger partial charge is 0.301 e. The van der Waals surface area contributed by atoms with Gasteiger partial charge in [0.1, 0.15) is 17.0 Å². The van der Waals surface area contributed by atoms with Gasteiger partial charge in [-0.3, -0.25) is 25.2 Å². The first-order valence-corrected chi connectivity index (χ1v) is 6.74. The molecule has 0 unspecified atom stereocenters. The molecule has 0 radical (unpaired) electrons. The highest BCUT2D eigenvalue weighted by Crippen LogP contribution is 2.39. The van der Waals surface area contributed by atoms with Gasteiger partial charge in [0.15, 0.2) is 0 Å². The molecule has 0 atom stereocenters. The van der Waals surface area contributed by atoms with Crippen LogP contribution in [0.3, 0.4) is 0 Å². The number of aromatic nitrogens is 1. The summed E-state index contributed by atoms with van der Waals surface area (Å²) in [4.78, 5) is 25.2. The maximum atomic E-state index is 11.4. The third-order valence-electron chi connectivity index (χ3n) is 3.38. The summed E-state index contributed by atoms with van der Waals surface area (Å²) in [7, 11) is 0. The minimum Gasteiger partial charge on any atom is -0.508 e. The minimum absolute atomic E-state index is 0.0433. The number of benzene rings is 2. The Labute approximate surface area is 134 Å². The molecular weight excluding hydrogens is 316 g/mol. The number of fused-ring (bicyclic) bond motifs is 1. The van der Waals surface area contributed by atoms with Gasteiger partial charge in [0.25, 0.3) is 5.69 Å². The van der Waals surface area contributed by atoms with Crippen molar-refractivity contribution in [3.63, 3.8) is 0 Å². The minimum atomic E-state index is -0.704. The SMILES string of the molecule is O=[N+]([O-])c1cc([N+](=O)[O-])c2cccnc2c1Nc1ccc(O)cc1. The van der Waals surface area contributed by atoms with Crippen LogP contribution in [-0.4, -0.2) is 19.9 Å². The number of anilines is 2.